The number of amidine groups is 1. The van der Waals surface area contributed by atoms with E-state index in [4.69, 9.17) is 11.1 Å². The quantitative estimate of drug-likeness (QED) is 0.394. The number of carbonyl (C=O) groups is 1. The van der Waals surface area contributed by atoms with Crippen LogP contribution in [0.4, 0.5) is 10.3 Å². The van der Waals surface area contributed by atoms with Crippen molar-refractivity contribution in [2.45, 2.75) is 32.7 Å². The van der Waals surface area contributed by atoms with Gasteiger partial charge in [-0.25, -0.2) is 14.4 Å². The number of nitrogens with two attached hydrogens (primary N) is 1. The maximum Gasteiger partial charge on any atom is 0.259 e. The highest BCUT2D eigenvalue weighted by atomic mass is 19.1. The van der Waals surface area contributed by atoms with Crippen LogP contribution in [0.1, 0.15) is 36.7 Å². The van der Waals surface area contributed by atoms with Crippen LogP contribution in [0.2, 0.25) is 0 Å². The zero-order valence-electron chi connectivity index (χ0n) is 17.6. The van der Waals surface area contributed by atoms with Crippen LogP contribution in [-0.2, 0) is 12.0 Å². The van der Waals surface area contributed by atoms with Gasteiger partial charge >= 0.3 is 0 Å². The number of pyridine rings is 1. The Morgan fingerprint density at radius 1 is 1.23 bits per heavy atom. The van der Waals surface area contributed by atoms with Crippen molar-refractivity contribution in [1.82, 2.24) is 30.0 Å². The lowest BCUT2D eigenvalue weighted by atomic mass is 9.72. The smallest absolute Gasteiger partial charge is 0.259 e. The van der Waals surface area contributed by atoms with Crippen LogP contribution in [0, 0.1) is 11.3 Å². The molecule has 31 heavy (non-hydrogen) atoms. The second-order valence-electron chi connectivity index (χ2n) is 7.63. The molecule has 3 rings (SSSR count). The van der Waals surface area contributed by atoms with Crippen molar-refractivity contribution in [1.29, 1.82) is 5.41 Å². The summed E-state index contributed by atoms with van der Waals surface area (Å²) in [5.41, 5.74) is 7.17. The lowest BCUT2D eigenvalue weighted by molar-refractivity contribution is 0.0973. The average Bonchev–Trinajstić information content (AvgIpc) is 3.23. The highest BCUT2D eigenvalue weighted by Gasteiger charge is 2.37. The minimum atomic E-state index is -0.798. The minimum Gasteiger partial charge on any atom is -0.368 e. The van der Waals surface area contributed by atoms with Crippen LogP contribution >= 0.6 is 0 Å². The van der Waals surface area contributed by atoms with E-state index in [1.54, 1.807) is 18.6 Å². The van der Waals surface area contributed by atoms with Gasteiger partial charge in [0, 0.05) is 30.4 Å². The molecule has 4 N–H and O–H groups in total. The molecule has 0 saturated carbocycles. The van der Waals surface area contributed by atoms with Crippen molar-refractivity contribution in [3.63, 3.8) is 0 Å². The van der Waals surface area contributed by atoms with E-state index in [1.165, 1.54) is 17.1 Å². The molecule has 1 atom stereocenters. The van der Waals surface area contributed by atoms with Crippen LogP contribution < -0.4 is 11.1 Å². The standard InChI is InChI=1S/C21H25FN8O/c1-13(2)21(3,19(23)29-18(31)15-10-28-30(12-15)7-6-22)16-4-5-17(25-11-16)14-8-26-20(24)27-9-14/h4-5,8-13H,6-7H2,1-3H3,(H2,23,29,31)(H2,24,26,27)/t21-/m0/s1. The summed E-state index contributed by atoms with van der Waals surface area (Å²) >= 11 is 0. The van der Waals surface area contributed by atoms with Crippen LogP contribution in [0.25, 0.3) is 11.3 Å². The normalized spacial score (nSPS) is 13.1. The maximum absolute atomic E-state index is 12.6. The summed E-state index contributed by atoms with van der Waals surface area (Å²) in [7, 11) is 0. The first-order valence-electron chi connectivity index (χ1n) is 9.79. The molecular formula is C21H25FN8O. The summed E-state index contributed by atoms with van der Waals surface area (Å²) in [4.78, 5) is 25.0. The van der Waals surface area contributed by atoms with E-state index in [2.05, 4.69) is 25.4 Å². The Balaban J connectivity index is 1.82. The zero-order valence-corrected chi connectivity index (χ0v) is 17.6. The Morgan fingerprint density at radius 2 is 1.94 bits per heavy atom. The van der Waals surface area contributed by atoms with E-state index in [9.17, 15) is 9.18 Å². The fraction of sp³-hybridized carbons (Fsp3) is 0.333. The predicted molar refractivity (Wildman–Crippen MR) is 115 cm³/mol. The number of nitrogens with zero attached hydrogens (tertiary/aromatic N) is 5. The summed E-state index contributed by atoms with van der Waals surface area (Å²) in [6.45, 7) is 5.33. The molecule has 0 aromatic carbocycles. The predicted octanol–water partition coefficient (Wildman–Crippen LogP) is 2.61. The number of aromatic nitrogens is 5. The van der Waals surface area contributed by atoms with Crippen molar-refractivity contribution in [3.8, 4) is 11.3 Å². The number of amides is 1. The highest BCUT2D eigenvalue weighted by molar-refractivity contribution is 6.08. The highest BCUT2D eigenvalue weighted by Crippen LogP contribution is 2.33. The molecule has 3 heterocycles. The largest absolute Gasteiger partial charge is 0.368 e. The maximum atomic E-state index is 12.6. The lowest BCUT2D eigenvalue weighted by Crippen LogP contribution is -2.47. The number of carbonyl (C=O) groups excluding carboxylic acids is 1. The second kappa shape index (κ2) is 8.99. The van der Waals surface area contributed by atoms with Crippen molar-refractivity contribution >= 4 is 17.7 Å². The summed E-state index contributed by atoms with van der Waals surface area (Å²) in [5, 5.41) is 15.2. The van der Waals surface area contributed by atoms with E-state index in [1.807, 2.05) is 32.9 Å². The molecule has 1 amide bonds. The van der Waals surface area contributed by atoms with Gasteiger partial charge in [0.25, 0.3) is 5.91 Å². The van der Waals surface area contributed by atoms with E-state index in [0.717, 1.165) is 11.1 Å². The number of nitrogen functional groups attached to an aromatic ring is 1. The average molecular weight is 424 g/mol. The molecule has 0 radical (unpaired) electrons. The fourth-order valence-electron chi connectivity index (χ4n) is 3.11. The molecule has 0 fully saturated rings. The third-order valence-electron chi connectivity index (χ3n) is 5.45. The van der Waals surface area contributed by atoms with Gasteiger partial charge in [0.1, 0.15) is 12.5 Å². The number of halogens is 1. The molecule has 0 aliphatic carbocycles. The van der Waals surface area contributed by atoms with Crippen molar-refractivity contribution in [3.05, 3.63) is 54.2 Å². The summed E-state index contributed by atoms with van der Waals surface area (Å²) in [6.07, 6.45) is 7.69. The molecule has 0 unspecified atom stereocenters. The monoisotopic (exact) mass is 424 g/mol. The third-order valence-corrected chi connectivity index (χ3v) is 5.45. The Labute approximate surface area is 179 Å². The van der Waals surface area contributed by atoms with E-state index in [0.29, 0.717) is 5.69 Å². The number of anilines is 1. The Hall–Kier alpha value is -3.69. The first-order chi connectivity index (χ1) is 14.8. The Kier molecular flexibility index (Phi) is 6.38. The third kappa shape index (κ3) is 4.57. The van der Waals surface area contributed by atoms with Gasteiger partial charge in [-0.15, -0.1) is 0 Å². The fourth-order valence-corrected chi connectivity index (χ4v) is 3.11. The minimum absolute atomic E-state index is 0.0120. The van der Waals surface area contributed by atoms with Crippen LogP contribution in [0.15, 0.2) is 43.1 Å². The SMILES string of the molecule is CC(C)[C@](C)(C(=N)NC(=O)c1cnn(CCF)c1)c1ccc(-c2cnc(N)nc2)nc1. The van der Waals surface area contributed by atoms with E-state index >= 15 is 0 Å². The van der Waals surface area contributed by atoms with Crippen molar-refractivity contribution in [2.24, 2.45) is 5.92 Å². The molecule has 162 valence electrons. The van der Waals surface area contributed by atoms with Gasteiger partial charge in [-0.3, -0.25) is 19.9 Å². The van der Waals surface area contributed by atoms with Crippen LogP contribution in [0.3, 0.4) is 0 Å². The summed E-state index contributed by atoms with van der Waals surface area (Å²) < 4.78 is 13.8. The molecule has 0 aliphatic heterocycles. The zero-order chi connectivity index (χ0) is 22.6. The van der Waals surface area contributed by atoms with Gasteiger partial charge in [0.05, 0.1) is 29.4 Å². The first kappa shape index (κ1) is 22.0. The molecular weight excluding hydrogens is 399 g/mol. The van der Waals surface area contributed by atoms with Gasteiger partial charge in [0.15, 0.2) is 0 Å². The Bertz CT molecular complexity index is 1060. The summed E-state index contributed by atoms with van der Waals surface area (Å²) in [5.74, 6) is -0.254. The molecule has 0 saturated heterocycles. The van der Waals surface area contributed by atoms with E-state index in [-0.39, 0.29) is 29.8 Å². The molecule has 0 bridgehead atoms. The number of rotatable bonds is 7. The number of hydrogen-bond donors (Lipinski definition) is 3. The van der Waals surface area contributed by atoms with Crippen molar-refractivity contribution < 1.29 is 9.18 Å². The number of hydrogen-bond acceptors (Lipinski definition) is 7. The molecule has 3 aromatic heterocycles. The van der Waals surface area contributed by atoms with E-state index < -0.39 is 18.0 Å². The topological polar surface area (TPSA) is 135 Å². The molecule has 9 nitrogen and oxygen atoms in total. The second-order valence-corrected chi connectivity index (χ2v) is 7.63. The Morgan fingerprint density at radius 3 is 2.52 bits per heavy atom. The number of nitrogens with one attached hydrogen (secondary N) is 2. The molecule has 0 spiro atoms. The summed E-state index contributed by atoms with van der Waals surface area (Å²) in [6, 6.07) is 3.69. The molecule has 0 aliphatic rings. The van der Waals surface area contributed by atoms with Gasteiger partial charge in [-0.2, -0.15) is 5.10 Å². The number of alkyl halides is 1. The molecule has 3 aromatic rings. The lowest BCUT2D eigenvalue weighted by Gasteiger charge is -2.34. The first-order valence-corrected chi connectivity index (χ1v) is 9.79. The van der Waals surface area contributed by atoms with Gasteiger partial charge in [0.2, 0.25) is 5.95 Å². The van der Waals surface area contributed by atoms with Gasteiger partial charge in [-0.1, -0.05) is 19.9 Å². The number of aryl methyl sites for hydroxylation is 1. The van der Waals surface area contributed by atoms with Gasteiger partial charge < -0.3 is 11.1 Å². The van der Waals surface area contributed by atoms with Crippen LogP contribution in [0.5, 0.6) is 0 Å². The van der Waals surface area contributed by atoms with Crippen molar-refractivity contribution in [2.75, 3.05) is 12.4 Å². The van der Waals surface area contributed by atoms with Gasteiger partial charge in [-0.05, 0) is 24.5 Å². The molecule has 10 heteroatoms. The van der Waals surface area contributed by atoms with Crippen LogP contribution in [-0.4, -0.2) is 43.1 Å².